The van der Waals surface area contributed by atoms with Crippen molar-refractivity contribution < 1.29 is 19.0 Å². The zero-order valence-corrected chi connectivity index (χ0v) is 12.3. The van der Waals surface area contributed by atoms with Crippen LogP contribution in [0.2, 0.25) is 0 Å². The van der Waals surface area contributed by atoms with Gasteiger partial charge >= 0.3 is 5.97 Å². The number of carbonyl (C=O) groups excluding carboxylic acids is 1. The molecule has 0 aromatic carbocycles. The lowest BCUT2D eigenvalue weighted by atomic mass is 9.83. The van der Waals surface area contributed by atoms with Crippen LogP contribution in [0.5, 0.6) is 0 Å². The zero-order chi connectivity index (χ0) is 14.2. The predicted molar refractivity (Wildman–Crippen MR) is 69.6 cm³/mol. The van der Waals surface area contributed by atoms with Gasteiger partial charge in [0.15, 0.2) is 0 Å². The summed E-state index contributed by atoms with van der Waals surface area (Å²) in [5.74, 6) is -0.191. The maximum atomic E-state index is 12.1. The first-order valence-electron chi connectivity index (χ1n) is 6.84. The van der Waals surface area contributed by atoms with E-state index >= 15 is 0 Å². The van der Waals surface area contributed by atoms with Crippen molar-refractivity contribution >= 4 is 5.97 Å². The van der Waals surface area contributed by atoms with Gasteiger partial charge in [0.2, 0.25) is 0 Å². The fraction of sp³-hybridized carbons (Fsp3) is 0.800. The minimum absolute atomic E-state index is 0.0548. The Hall–Kier alpha value is -0.870. The number of esters is 1. The molecule has 3 saturated heterocycles. The summed E-state index contributed by atoms with van der Waals surface area (Å²) < 4.78 is 17.7. The molecule has 5 atom stereocenters. The topological polar surface area (TPSA) is 44.8 Å². The summed E-state index contributed by atoms with van der Waals surface area (Å²) in [6.07, 6.45) is 0.160. The van der Waals surface area contributed by atoms with Crippen LogP contribution >= 0.6 is 0 Å². The highest BCUT2D eigenvalue weighted by Gasteiger charge is 2.72. The molecule has 3 aliphatic heterocycles. The van der Waals surface area contributed by atoms with Crippen LogP contribution in [0.25, 0.3) is 0 Å². The molecule has 3 fully saturated rings. The van der Waals surface area contributed by atoms with Gasteiger partial charge in [0.25, 0.3) is 0 Å². The summed E-state index contributed by atoms with van der Waals surface area (Å²) in [6.45, 7) is 13.7. The largest absolute Gasteiger partial charge is 0.459 e. The highest BCUT2D eigenvalue weighted by atomic mass is 16.7. The van der Waals surface area contributed by atoms with E-state index < -0.39 is 11.0 Å². The molecule has 0 aliphatic carbocycles. The second kappa shape index (κ2) is 3.41. The van der Waals surface area contributed by atoms with Crippen molar-refractivity contribution in [3.05, 3.63) is 12.2 Å². The molecule has 19 heavy (non-hydrogen) atoms. The molecule has 0 aromatic rings. The Morgan fingerprint density at radius 2 is 2.05 bits per heavy atom. The van der Waals surface area contributed by atoms with Gasteiger partial charge < -0.3 is 14.2 Å². The van der Waals surface area contributed by atoms with E-state index in [9.17, 15) is 4.79 Å². The van der Waals surface area contributed by atoms with Gasteiger partial charge in [0.1, 0.15) is 23.9 Å². The van der Waals surface area contributed by atoms with Crippen LogP contribution in [0.3, 0.4) is 0 Å². The summed E-state index contributed by atoms with van der Waals surface area (Å²) in [7, 11) is 0. The molecule has 106 valence electrons. The van der Waals surface area contributed by atoms with Crippen molar-refractivity contribution in [2.75, 3.05) is 0 Å². The Labute approximate surface area is 114 Å². The first kappa shape index (κ1) is 13.1. The lowest BCUT2D eigenvalue weighted by Crippen LogP contribution is -2.68. The molecule has 3 rings (SSSR count). The first-order valence-corrected chi connectivity index (χ1v) is 6.84. The maximum Gasteiger partial charge on any atom is 0.311 e. The van der Waals surface area contributed by atoms with Gasteiger partial charge in [0.05, 0.1) is 11.0 Å². The smallest absolute Gasteiger partial charge is 0.311 e. The molecule has 2 bridgehead atoms. The molecule has 0 saturated carbocycles. The van der Waals surface area contributed by atoms with Crippen LogP contribution in [-0.4, -0.2) is 35.5 Å². The van der Waals surface area contributed by atoms with E-state index in [1.54, 1.807) is 0 Å². The Balaban J connectivity index is 1.84. The standard InChI is InChI=1S/C15H22O4/c1-8-10-15(6)11(18-10)9(7-14(8,5)19-15)17-12(16)13(2,3)4/h9-11H,1,7H2,2-6H3/t9-,10+,11-,14-,15-/m0/s1. The quantitative estimate of drug-likeness (QED) is 0.539. The molecule has 0 radical (unpaired) electrons. The van der Waals surface area contributed by atoms with Gasteiger partial charge in [-0.05, 0) is 40.2 Å². The molecular weight excluding hydrogens is 244 g/mol. The minimum atomic E-state index is -0.501. The lowest BCUT2D eigenvalue weighted by Gasteiger charge is -2.53. The fourth-order valence-electron chi connectivity index (χ4n) is 3.40. The Morgan fingerprint density at radius 3 is 2.63 bits per heavy atom. The minimum Gasteiger partial charge on any atom is -0.459 e. The summed E-state index contributed by atoms with van der Waals surface area (Å²) >= 11 is 0. The molecule has 0 spiro atoms. The predicted octanol–water partition coefficient (Wildman–Crippen LogP) is 2.22. The van der Waals surface area contributed by atoms with Crippen molar-refractivity contribution in [1.82, 2.24) is 0 Å². The monoisotopic (exact) mass is 266 g/mol. The number of ether oxygens (including phenoxy) is 3. The number of hydrogen-bond donors (Lipinski definition) is 0. The van der Waals surface area contributed by atoms with Crippen LogP contribution in [-0.2, 0) is 19.0 Å². The summed E-state index contributed by atoms with van der Waals surface area (Å²) in [6, 6.07) is 0. The molecule has 3 heterocycles. The fourth-order valence-corrected chi connectivity index (χ4v) is 3.40. The third-order valence-corrected chi connectivity index (χ3v) is 4.61. The van der Waals surface area contributed by atoms with Gasteiger partial charge in [0, 0.05) is 6.42 Å². The third kappa shape index (κ3) is 1.56. The van der Waals surface area contributed by atoms with Gasteiger partial charge in [-0.15, -0.1) is 0 Å². The summed E-state index contributed by atoms with van der Waals surface area (Å²) in [4.78, 5) is 12.1. The normalized spacial score (nSPS) is 47.8. The molecule has 4 nitrogen and oxygen atoms in total. The number of carbonyl (C=O) groups is 1. The highest BCUT2D eigenvalue weighted by Crippen LogP contribution is 2.59. The van der Waals surface area contributed by atoms with E-state index in [4.69, 9.17) is 14.2 Å². The molecule has 0 N–H and O–H groups in total. The Bertz CT molecular complexity index is 463. The second-order valence-corrected chi connectivity index (χ2v) is 7.38. The van der Waals surface area contributed by atoms with Crippen LogP contribution in [0.1, 0.15) is 41.0 Å². The van der Waals surface area contributed by atoms with Gasteiger partial charge in [-0.2, -0.15) is 0 Å². The third-order valence-electron chi connectivity index (χ3n) is 4.61. The van der Waals surface area contributed by atoms with Crippen molar-refractivity contribution in [2.45, 2.75) is 70.6 Å². The van der Waals surface area contributed by atoms with Crippen molar-refractivity contribution in [2.24, 2.45) is 5.41 Å². The first-order chi connectivity index (χ1) is 8.58. The Kier molecular flexibility index (Phi) is 2.36. The van der Waals surface area contributed by atoms with Gasteiger partial charge in [-0.25, -0.2) is 0 Å². The van der Waals surface area contributed by atoms with E-state index in [-0.39, 0.29) is 29.9 Å². The average Bonchev–Trinajstić information content (AvgIpc) is 2.34. The van der Waals surface area contributed by atoms with E-state index in [1.165, 1.54) is 0 Å². The molecule has 3 aliphatic rings. The number of rotatable bonds is 1. The van der Waals surface area contributed by atoms with E-state index in [2.05, 4.69) is 6.58 Å². The van der Waals surface area contributed by atoms with Crippen molar-refractivity contribution in [3.8, 4) is 0 Å². The number of hydrogen-bond acceptors (Lipinski definition) is 4. The van der Waals surface area contributed by atoms with Crippen LogP contribution < -0.4 is 0 Å². The Morgan fingerprint density at radius 1 is 1.42 bits per heavy atom. The van der Waals surface area contributed by atoms with Crippen molar-refractivity contribution in [1.29, 1.82) is 0 Å². The van der Waals surface area contributed by atoms with E-state index in [0.29, 0.717) is 6.42 Å². The molecule has 0 aromatic heterocycles. The van der Waals surface area contributed by atoms with Gasteiger partial charge in [-0.1, -0.05) is 6.58 Å². The van der Waals surface area contributed by atoms with E-state index in [1.807, 2.05) is 34.6 Å². The molecule has 0 unspecified atom stereocenters. The van der Waals surface area contributed by atoms with Gasteiger partial charge in [-0.3, -0.25) is 4.79 Å². The summed E-state index contributed by atoms with van der Waals surface area (Å²) in [5.41, 5.74) is -0.345. The van der Waals surface area contributed by atoms with Crippen LogP contribution in [0, 0.1) is 5.41 Å². The van der Waals surface area contributed by atoms with Crippen LogP contribution in [0.15, 0.2) is 12.2 Å². The second-order valence-electron chi connectivity index (χ2n) is 7.38. The SMILES string of the molecule is C=C1[C@H]2O[C@H]3[C@@H](OC(=O)C(C)(C)C)C[C@]1(C)O[C@@]23C. The zero-order valence-electron chi connectivity index (χ0n) is 12.3. The summed E-state index contributed by atoms with van der Waals surface area (Å²) in [5, 5.41) is 0. The average molecular weight is 266 g/mol. The van der Waals surface area contributed by atoms with Crippen molar-refractivity contribution in [3.63, 3.8) is 0 Å². The molecule has 0 amide bonds. The van der Waals surface area contributed by atoms with E-state index in [0.717, 1.165) is 5.57 Å². The highest BCUT2D eigenvalue weighted by molar-refractivity contribution is 5.75. The lowest BCUT2D eigenvalue weighted by molar-refractivity contribution is -0.325. The van der Waals surface area contributed by atoms with Crippen LogP contribution in [0.4, 0.5) is 0 Å². The molecule has 4 heteroatoms. The number of fused-ring (bicyclic) bond motifs is 1. The maximum absolute atomic E-state index is 12.1. The molecular formula is C15H22O4.